The average Bonchev–Trinajstić information content (AvgIpc) is 2.98. The summed E-state index contributed by atoms with van der Waals surface area (Å²) in [5.41, 5.74) is 4.44. The molecule has 0 radical (unpaired) electrons. The van der Waals surface area contributed by atoms with Crippen molar-refractivity contribution in [1.29, 1.82) is 0 Å². The van der Waals surface area contributed by atoms with E-state index in [1.165, 1.54) is 0 Å². The van der Waals surface area contributed by atoms with Gasteiger partial charge in [0.1, 0.15) is 0 Å². The van der Waals surface area contributed by atoms with Gasteiger partial charge in [0.15, 0.2) is 0 Å². The summed E-state index contributed by atoms with van der Waals surface area (Å²) in [4.78, 5) is 16.9. The molecule has 6 nitrogen and oxygen atoms in total. The average molecular weight is 339 g/mol. The van der Waals surface area contributed by atoms with Gasteiger partial charge in [-0.3, -0.25) is 4.79 Å². The number of ether oxygens (including phenoxy) is 1. The van der Waals surface area contributed by atoms with E-state index in [4.69, 9.17) is 9.26 Å². The molecule has 0 aliphatic heterocycles. The van der Waals surface area contributed by atoms with Crippen molar-refractivity contribution >= 4 is 17.0 Å². The van der Waals surface area contributed by atoms with E-state index < -0.39 is 0 Å². The van der Waals surface area contributed by atoms with Gasteiger partial charge >= 0.3 is 0 Å². The Morgan fingerprint density at radius 2 is 1.92 bits per heavy atom. The van der Waals surface area contributed by atoms with E-state index in [-0.39, 0.29) is 5.91 Å². The highest BCUT2D eigenvalue weighted by atomic mass is 16.5. The van der Waals surface area contributed by atoms with Gasteiger partial charge in [-0.25, -0.2) is 4.98 Å². The standard InChI is InChI=1S/C19H21N3O3/c1-4-24-11-15-7-5-14(6-8-15)10-20-18(23)16-9-12(2)21-19-17(16)13(3)22-25-19/h5-9H,4,10-11H2,1-3H3,(H,20,23). The molecule has 0 unspecified atom stereocenters. The van der Waals surface area contributed by atoms with Crippen LogP contribution in [0.2, 0.25) is 0 Å². The first kappa shape index (κ1) is 17.1. The van der Waals surface area contributed by atoms with Gasteiger partial charge in [0.05, 0.1) is 23.3 Å². The van der Waals surface area contributed by atoms with Crippen LogP contribution < -0.4 is 5.32 Å². The van der Waals surface area contributed by atoms with Gasteiger partial charge in [0.25, 0.3) is 11.6 Å². The summed E-state index contributed by atoms with van der Waals surface area (Å²) in [5, 5.41) is 7.51. The fourth-order valence-corrected chi connectivity index (χ4v) is 2.65. The Balaban J connectivity index is 1.72. The molecule has 0 aliphatic carbocycles. The molecular formula is C19H21N3O3. The van der Waals surface area contributed by atoms with Crippen LogP contribution in [0, 0.1) is 13.8 Å². The number of aromatic nitrogens is 2. The van der Waals surface area contributed by atoms with E-state index in [9.17, 15) is 4.79 Å². The lowest BCUT2D eigenvalue weighted by molar-refractivity contribution is 0.0952. The van der Waals surface area contributed by atoms with Crippen LogP contribution in [0.25, 0.3) is 11.1 Å². The molecule has 0 fully saturated rings. The van der Waals surface area contributed by atoms with Gasteiger partial charge < -0.3 is 14.6 Å². The summed E-state index contributed by atoms with van der Waals surface area (Å²) in [6.07, 6.45) is 0. The van der Waals surface area contributed by atoms with E-state index in [1.807, 2.05) is 38.1 Å². The maximum absolute atomic E-state index is 12.6. The molecule has 1 N–H and O–H groups in total. The van der Waals surface area contributed by atoms with E-state index in [0.717, 1.165) is 11.1 Å². The SMILES string of the molecule is CCOCc1ccc(CNC(=O)c2cc(C)nc3onc(C)c23)cc1. The third kappa shape index (κ3) is 3.85. The molecule has 0 bridgehead atoms. The third-order valence-corrected chi connectivity index (χ3v) is 3.94. The van der Waals surface area contributed by atoms with E-state index in [0.29, 0.717) is 47.8 Å². The van der Waals surface area contributed by atoms with Crippen molar-refractivity contribution in [3.8, 4) is 0 Å². The smallest absolute Gasteiger partial charge is 0.258 e. The first-order valence-electron chi connectivity index (χ1n) is 8.26. The maximum Gasteiger partial charge on any atom is 0.258 e. The van der Waals surface area contributed by atoms with Gasteiger partial charge in [-0.05, 0) is 38.0 Å². The maximum atomic E-state index is 12.6. The highest BCUT2D eigenvalue weighted by Crippen LogP contribution is 2.21. The number of aryl methyl sites for hydroxylation is 2. The molecule has 0 atom stereocenters. The number of nitrogens with zero attached hydrogens (tertiary/aromatic N) is 2. The fourth-order valence-electron chi connectivity index (χ4n) is 2.65. The topological polar surface area (TPSA) is 77.2 Å². The Bertz CT molecular complexity index is 885. The number of fused-ring (bicyclic) bond motifs is 1. The summed E-state index contributed by atoms with van der Waals surface area (Å²) in [7, 11) is 0. The molecule has 1 aromatic carbocycles. The molecule has 2 aromatic heterocycles. The van der Waals surface area contributed by atoms with Gasteiger partial charge in [-0.15, -0.1) is 0 Å². The molecule has 2 heterocycles. The minimum absolute atomic E-state index is 0.166. The molecule has 0 saturated carbocycles. The molecule has 0 spiro atoms. The zero-order valence-corrected chi connectivity index (χ0v) is 14.6. The molecular weight excluding hydrogens is 318 g/mol. The van der Waals surface area contributed by atoms with Crippen LogP contribution in [0.5, 0.6) is 0 Å². The molecule has 6 heteroatoms. The monoisotopic (exact) mass is 339 g/mol. The number of carbonyl (C=O) groups is 1. The Hall–Kier alpha value is -2.73. The van der Waals surface area contributed by atoms with Crippen molar-refractivity contribution in [3.63, 3.8) is 0 Å². The second-order valence-electron chi connectivity index (χ2n) is 5.90. The second kappa shape index (κ2) is 7.44. The fraction of sp³-hybridized carbons (Fsp3) is 0.316. The lowest BCUT2D eigenvalue weighted by Gasteiger charge is -2.08. The molecule has 3 aromatic rings. The van der Waals surface area contributed by atoms with Crippen molar-refractivity contribution in [3.05, 3.63) is 58.4 Å². The number of benzene rings is 1. The summed E-state index contributed by atoms with van der Waals surface area (Å²) in [5.74, 6) is -0.166. The Labute approximate surface area is 146 Å². The van der Waals surface area contributed by atoms with Crippen LogP contribution in [0.4, 0.5) is 0 Å². The highest BCUT2D eigenvalue weighted by molar-refractivity contribution is 6.05. The predicted octanol–water partition coefficient (Wildman–Crippen LogP) is 3.31. The zero-order valence-electron chi connectivity index (χ0n) is 14.6. The lowest BCUT2D eigenvalue weighted by Crippen LogP contribution is -2.23. The van der Waals surface area contributed by atoms with Crippen molar-refractivity contribution in [1.82, 2.24) is 15.5 Å². The Morgan fingerprint density at radius 1 is 1.20 bits per heavy atom. The number of carbonyl (C=O) groups excluding carboxylic acids is 1. The number of rotatable bonds is 6. The van der Waals surface area contributed by atoms with Crippen molar-refractivity contribution in [2.24, 2.45) is 0 Å². The number of pyridine rings is 1. The lowest BCUT2D eigenvalue weighted by atomic mass is 10.1. The van der Waals surface area contributed by atoms with Crippen LogP contribution in [0.3, 0.4) is 0 Å². The Kier molecular flexibility index (Phi) is 5.09. The minimum atomic E-state index is -0.166. The summed E-state index contributed by atoms with van der Waals surface area (Å²) >= 11 is 0. The summed E-state index contributed by atoms with van der Waals surface area (Å²) < 4.78 is 10.6. The van der Waals surface area contributed by atoms with Gasteiger partial charge in [-0.2, -0.15) is 0 Å². The number of hydrogen-bond donors (Lipinski definition) is 1. The number of hydrogen-bond acceptors (Lipinski definition) is 5. The molecule has 25 heavy (non-hydrogen) atoms. The van der Waals surface area contributed by atoms with E-state index >= 15 is 0 Å². The van der Waals surface area contributed by atoms with Crippen LogP contribution in [0.1, 0.15) is 39.8 Å². The molecule has 0 aliphatic rings. The molecule has 0 saturated heterocycles. The van der Waals surface area contributed by atoms with Gasteiger partial charge in [0.2, 0.25) is 0 Å². The minimum Gasteiger partial charge on any atom is -0.377 e. The number of amides is 1. The van der Waals surface area contributed by atoms with Gasteiger partial charge in [0, 0.05) is 18.8 Å². The van der Waals surface area contributed by atoms with Crippen molar-refractivity contribution in [2.45, 2.75) is 33.9 Å². The normalized spacial score (nSPS) is 11.0. The van der Waals surface area contributed by atoms with Crippen LogP contribution in [0.15, 0.2) is 34.9 Å². The van der Waals surface area contributed by atoms with Crippen molar-refractivity contribution in [2.75, 3.05) is 6.61 Å². The third-order valence-electron chi connectivity index (χ3n) is 3.94. The highest BCUT2D eigenvalue weighted by Gasteiger charge is 2.17. The first-order chi connectivity index (χ1) is 12.1. The molecule has 3 rings (SSSR count). The largest absolute Gasteiger partial charge is 0.377 e. The summed E-state index contributed by atoms with van der Waals surface area (Å²) in [6.45, 7) is 7.34. The van der Waals surface area contributed by atoms with Crippen LogP contribution in [-0.4, -0.2) is 22.7 Å². The quantitative estimate of drug-likeness (QED) is 0.745. The Morgan fingerprint density at radius 3 is 2.64 bits per heavy atom. The molecule has 130 valence electrons. The number of nitrogens with one attached hydrogen (secondary N) is 1. The zero-order chi connectivity index (χ0) is 17.8. The van der Waals surface area contributed by atoms with Crippen LogP contribution >= 0.6 is 0 Å². The predicted molar refractivity (Wildman–Crippen MR) is 94.2 cm³/mol. The van der Waals surface area contributed by atoms with E-state index in [2.05, 4.69) is 15.5 Å². The second-order valence-corrected chi connectivity index (χ2v) is 5.90. The summed E-state index contributed by atoms with van der Waals surface area (Å²) in [6, 6.07) is 9.76. The van der Waals surface area contributed by atoms with E-state index in [1.54, 1.807) is 13.0 Å². The van der Waals surface area contributed by atoms with Crippen LogP contribution in [-0.2, 0) is 17.9 Å². The van der Waals surface area contributed by atoms with Gasteiger partial charge in [-0.1, -0.05) is 29.4 Å². The first-order valence-corrected chi connectivity index (χ1v) is 8.26. The molecule has 1 amide bonds. The van der Waals surface area contributed by atoms with Crippen molar-refractivity contribution < 1.29 is 14.1 Å².